The van der Waals surface area contributed by atoms with E-state index in [0.717, 1.165) is 49.3 Å². The molecule has 10 aromatic rings. The van der Waals surface area contributed by atoms with Crippen molar-refractivity contribution in [3.63, 3.8) is 0 Å². The third-order valence-electron chi connectivity index (χ3n) is 10.5. The Morgan fingerprint density at radius 2 is 1.42 bits per heavy atom. The van der Waals surface area contributed by atoms with Crippen molar-refractivity contribution in [1.82, 2.24) is 9.38 Å². The molecule has 0 fully saturated rings. The summed E-state index contributed by atoms with van der Waals surface area (Å²) in [6, 6.07) is 44.1. The number of nitrogens with zero attached hydrogens (tertiary/aromatic N) is 2. The van der Waals surface area contributed by atoms with Gasteiger partial charge in [-0.15, -0.1) is 0 Å². The average molecular weight is 575 g/mol. The Kier molecular flexibility index (Phi) is 4.16. The standard InChI is InChI=1S/C42H26N2O/c1-42(2)33-15-6-4-11-26(33)28-14-9-13-25(38(28)42)23-18-19-35-29(20-23)30-22-31-27-12-5-8-17-36(27)45-40(31)37-32-21-24-10-3-7-16-34(24)43-41(32)44(35)39(30)37/h3-22H,1-2H3. The number of para-hydroxylation sites is 2. The van der Waals surface area contributed by atoms with Gasteiger partial charge in [0.2, 0.25) is 0 Å². The summed E-state index contributed by atoms with van der Waals surface area (Å²) in [6.45, 7) is 4.73. The number of hydrogen-bond acceptors (Lipinski definition) is 2. The van der Waals surface area contributed by atoms with Crippen LogP contribution in [0.4, 0.5) is 0 Å². The van der Waals surface area contributed by atoms with E-state index < -0.39 is 0 Å². The molecule has 4 heterocycles. The van der Waals surface area contributed by atoms with Gasteiger partial charge in [-0.25, -0.2) is 4.98 Å². The number of aromatic nitrogens is 2. The van der Waals surface area contributed by atoms with Gasteiger partial charge in [0, 0.05) is 37.7 Å². The highest BCUT2D eigenvalue weighted by molar-refractivity contribution is 6.33. The molecule has 0 spiro atoms. The van der Waals surface area contributed by atoms with E-state index in [1.807, 2.05) is 6.07 Å². The highest BCUT2D eigenvalue weighted by Crippen LogP contribution is 2.53. The van der Waals surface area contributed by atoms with E-state index in [0.29, 0.717) is 0 Å². The van der Waals surface area contributed by atoms with Gasteiger partial charge < -0.3 is 4.42 Å². The Bertz CT molecular complexity index is 2900. The number of pyridine rings is 1. The molecule has 210 valence electrons. The molecule has 0 unspecified atom stereocenters. The van der Waals surface area contributed by atoms with Crippen molar-refractivity contribution >= 4 is 71.1 Å². The first-order valence-corrected chi connectivity index (χ1v) is 15.6. The van der Waals surface area contributed by atoms with Crippen LogP contribution in [0.3, 0.4) is 0 Å². The Labute approximate surface area is 258 Å². The van der Waals surface area contributed by atoms with E-state index >= 15 is 0 Å². The molecule has 0 bridgehead atoms. The first-order chi connectivity index (χ1) is 22.1. The molecule has 3 heteroatoms. The summed E-state index contributed by atoms with van der Waals surface area (Å²) in [5.74, 6) is 0. The summed E-state index contributed by atoms with van der Waals surface area (Å²) in [4.78, 5) is 5.27. The average Bonchev–Trinajstić information content (AvgIpc) is 3.77. The van der Waals surface area contributed by atoms with Gasteiger partial charge >= 0.3 is 0 Å². The fraction of sp³-hybridized carbons (Fsp3) is 0.0714. The summed E-state index contributed by atoms with van der Waals surface area (Å²) in [7, 11) is 0. The van der Waals surface area contributed by atoms with Crippen LogP contribution in [0.1, 0.15) is 25.0 Å². The number of furan rings is 1. The van der Waals surface area contributed by atoms with Gasteiger partial charge in [0.05, 0.1) is 21.9 Å². The molecule has 0 amide bonds. The van der Waals surface area contributed by atoms with Gasteiger partial charge in [-0.3, -0.25) is 4.40 Å². The van der Waals surface area contributed by atoms with Crippen LogP contribution >= 0.6 is 0 Å². The summed E-state index contributed by atoms with van der Waals surface area (Å²) >= 11 is 0. The smallest absolute Gasteiger partial charge is 0.146 e. The van der Waals surface area contributed by atoms with Crippen LogP contribution in [0.5, 0.6) is 0 Å². The lowest BCUT2D eigenvalue weighted by atomic mass is 9.79. The normalized spacial score (nSPS) is 14.2. The number of benzene rings is 6. The lowest BCUT2D eigenvalue weighted by Crippen LogP contribution is -2.16. The van der Waals surface area contributed by atoms with Gasteiger partial charge in [-0.05, 0) is 69.8 Å². The van der Waals surface area contributed by atoms with Crippen molar-refractivity contribution in [2.75, 3.05) is 0 Å². The Morgan fingerprint density at radius 1 is 0.622 bits per heavy atom. The van der Waals surface area contributed by atoms with Gasteiger partial charge in [-0.1, -0.05) is 98.8 Å². The lowest BCUT2D eigenvalue weighted by molar-refractivity contribution is 0.662. The topological polar surface area (TPSA) is 30.4 Å². The van der Waals surface area contributed by atoms with Crippen LogP contribution in [-0.4, -0.2) is 9.38 Å². The van der Waals surface area contributed by atoms with Gasteiger partial charge in [0.25, 0.3) is 0 Å². The Morgan fingerprint density at radius 3 is 2.38 bits per heavy atom. The van der Waals surface area contributed by atoms with Crippen molar-refractivity contribution in [2.24, 2.45) is 0 Å². The number of fused-ring (bicyclic) bond motifs is 14. The fourth-order valence-electron chi connectivity index (χ4n) is 8.54. The second-order valence-corrected chi connectivity index (χ2v) is 13.1. The maximum atomic E-state index is 6.64. The van der Waals surface area contributed by atoms with Crippen LogP contribution in [0.2, 0.25) is 0 Å². The van der Waals surface area contributed by atoms with E-state index in [4.69, 9.17) is 9.40 Å². The molecule has 1 aliphatic rings. The second-order valence-electron chi connectivity index (χ2n) is 13.1. The SMILES string of the molecule is CC1(C)c2ccccc2-c2cccc(-c3ccc4c(c3)c3cc5c6ccccc6oc5c5c6cc7ccccc7nc6n4c35)c21. The summed E-state index contributed by atoms with van der Waals surface area (Å²) in [5.41, 5.74) is 14.1. The zero-order valence-electron chi connectivity index (χ0n) is 24.8. The second kappa shape index (κ2) is 7.88. The predicted octanol–water partition coefficient (Wildman–Crippen LogP) is 11.3. The monoisotopic (exact) mass is 574 g/mol. The van der Waals surface area contributed by atoms with Gasteiger partial charge in [0.1, 0.15) is 16.8 Å². The first-order valence-electron chi connectivity index (χ1n) is 15.6. The van der Waals surface area contributed by atoms with Crippen molar-refractivity contribution < 1.29 is 4.42 Å². The van der Waals surface area contributed by atoms with Crippen LogP contribution in [0, 0.1) is 0 Å². The molecule has 0 saturated carbocycles. The van der Waals surface area contributed by atoms with Crippen molar-refractivity contribution in [3.8, 4) is 22.3 Å². The molecule has 0 radical (unpaired) electrons. The first kappa shape index (κ1) is 23.7. The molecule has 0 atom stereocenters. The minimum Gasteiger partial charge on any atom is -0.455 e. The molecule has 6 aromatic carbocycles. The maximum Gasteiger partial charge on any atom is 0.146 e. The van der Waals surface area contributed by atoms with Crippen LogP contribution in [-0.2, 0) is 5.41 Å². The Balaban J connectivity index is 1.29. The molecule has 3 nitrogen and oxygen atoms in total. The number of rotatable bonds is 1. The summed E-state index contributed by atoms with van der Waals surface area (Å²) in [5, 5.41) is 8.17. The van der Waals surface area contributed by atoms with Crippen molar-refractivity contribution in [1.29, 1.82) is 0 Å². The van der Waals surface area contributed by atoms with E-state index in [9.17, 15) is 0 Å². The number of hydrogen-bond donors (Lipinski definition) is 0. The van der Waals surface area contributed by atoms with E-state index in [1.54, 1.807) is 0 Å². The molecular formula is C42H26N2O. The van der Waals surface area contributed by atoms with E-state index in [2.05, 4.69) is 134 Å². The van der Waals surface area contributed by atoms with Crippen LogP contribution in [0.15, 0.2) is 126 Å². The molecule has 0 N–H and O–H groups in total. The molecule has 1 aliphatic carbocycles. The highest BCUT2D eigenvalue weighted by Gasteiger charge is 2.37. The molecule has 45 heavy (non-hydrogen) atoms. The molecular weight excluding hydrogens is 548 g/mol. The van der Waals surface area contributed by atoms with Crippen LogP contribution < -0.4 is 0 Å². The molecule has 11 rings (SSSR count). The Hall–Kier alpha value is -5.67. The highest BCUT2D eigenvalue weighted by atomic mass is 16.3. The zero-order valence-corrected chi connectivity index (χ0v) is 24.8. The maximum absolute atomic E-state index is 6.64. The minimum absolute atomic E-state index is 0.0874. The van der Waals surface area contributed by atoms with Gasteiger partial charge in [0.15, 0.2) is 0 Å². The summed E-state index contributed by atoms with van der Waals surface area (Å²) in [6.07, 6.45) is 0. The van der Waals surface area contributed by atoms with Crippen molar-refractivity contribution in [2.45, 2.75) is 19.3 Å². The van der Waals surface area contributed by atoms with Gasteiger partial charge in [-0.2, -0.15) is 0 Å². The van der Waals surface area contributed by atoms with Crippen molar-refractivity contribution in [3.05, 3.63) is 132 Å². The molecule has 4 aromatic heterocycles. The zero-order chi connectivity index (χ0) is 29.6. The molecule has 0 saturated heterocycles. The summed E-state index contributed by atoms with van der Waals surface area (Å²) < 4.78 is 9.01. The lowest BCUT2D eigenvalue weighted by Gasteiger charge is -2.24. The quantitative estimate of drug-likeness (QED) is 0.195. The minimum atomic E-state index is -0.0874. The fourth-order valence-corrected chi connectivity index (χ4v) is 8.54. The van der Waals surface area contributed by atoms with Crippen LogP contribution in [0.25, 0.3) is 93.3 Å². The van der Waals surface area contributed by atoms with E-state index in [1.165, 1.54) is 55.2 Å². The third-order valence-corrected chi connectivity index (χ3v) is 10.5. The molecule has 0 aliphatic heterocycles. The largest absolute Gasteiger partial charge is 0.455 e. The predicted molar refractivity (Wildman–Crippen MR) is 187 cm³/mol. The van der Waals surface area contributed by atoms with E-state index in [-0.39, 0.29) is 5.41 Å². The third kappa shape index (κ3) is 2.80.